The van der Waals surface area contributed by atoms with Crippen LogP contribution >= 0.6 is 0 Å². The first kappa shape index (κ1) is 17.5. The van der Waals surface area contributed by atoms with E-state index in [0.29, 0.717) is 11.1 Å². The number of aryl methyl sites for hydroxylation is 1. The minimum absolute atomic E-state index is 0.0530. The Morgan fingerprint density at radius 3 is 2.65 bits per heavy atom. The summed E-state index contributed by atoms with van der Waals surface area (Å²) in [7, 11) is 0. The first-order valence-electron chi connectivity index (χ1n) is 7.65. The van der Waals surface area contributed by atoms with Crippen LogP contribution in [0.25, 0.3) is 0 Å². The molecule has 0 amide bonds. The summed E-state index contributed by atoms with van der Waals surface area (Å²) >= 11 is 0. The van der Waals surface area contributed by atoms with Crippen molar-refractivity contribution in [2.24, 2.45) is 5.10 Å². The Labute approximate surface area is 147 Å². The van der Waals surface area contributed by atoms with Gasteiger partial charge in [-0.2, -0.15) is 9.49 Å². The van der Waals surface area contributed by atoms with Crippen LogP contribution in [-0.2, 0) is 6.61 Å². The van der Waals surface area contributed by atoms with Gasteiger partial charge in [-0.05, 0) is 24.6 Å². The Morgan fingerprint density at radius 1 is 1.15 bits per heavy atom. The van der Waals surface area contributed by atoms with Crippen LogP contribution in [0.4, 0.5) is 19.1 Å². The van der Waals surface area contributed by atoms with Crippen molar-refractivity contribution in [3.63, 3.8) is 0 Å². The zero-order valence-electron chi connectivity index (χ0n) is 13.8. The molecule has 0 aliphatic carbocycles. The highest BCUT2D eigenvalue weighted by molar-refractivity contribution is 5.81. The summed E-state index contributed by atoms with van der Waals surface area (Å²) in [6.45, 7) is 1.74. The van der Waals surface area contributed by atoms with E-state index in [4.69, 9.17) is 10.5 Å². The number of aromatic nitrogens is 2. The van der Waals surface area contributed by atoms with Gasteiger partial charge in [0.05, 0.1) is 18.1 Å². The van der Waals surface area contributed by atoms with Gasteiger partial charge in [-0.15, -0.1) is 0 Å². The largest absolute Gasteiger partial charge is 0.486 e. The van der Waals surface area contributed by atoms with Crippen LogP contribution in [0, 0.1) is 24.4 Å². The number of nitrogens with two attached hydrogens (primary N) is 1. The molecule has 5 nitrogen and oxygen atoms in total. The Hall–Kier alpha value is -3.29. The lowest BCUT2D eigenvalue weighted by atomic mass is 10.1. The van der Waals surface area contributed by atoms with Crippen molar-refractivity contribution in [1.82, 2.24) is 9.66 Å². The van der Waals surface area contributed by atoms with Gasteiger partial charge in [0.1, 0.15) is 6.61 Å². The number of ether oxygens (including phenoxy) is 1. The van der Waals surface area contributed by atoms with Crippen molar-refractivity contribution in [2.45, 2.75) is 13.5 Å². The number of nitrogen functional groups attached to an aromatic ring is 1. The maximum atomic E-state index is 13.7. The SMILES string of the molecule is Cc1cn(N=Cc2ccccc2COc2ccc(F)c(F)c2F)c(N)n1. The minimum Gasteiger partial charge on any atom is -0.486 e. The standard InChI is InChI=1S/C18H15F3N4O/c1-11-9-25(18(22)24-11)23-8-12-4-2-3-5-13(12)10-26-15-7-6-14(19)16(20)17(15)21/h2-9H,10H2,1H3,(H2,22,24). The van der Waals surface area contributed by atoms with Crippen molar-refractivity contribution >= 4 is 12.2 Å². The molecular formula is C18H15F3N4O. The van der Waals surface area contributed by atoms with Gasteiger partial charge in [0, 0.05) is 5.56 Å². The van der Waals surface area contributed by atoms with E-state index < -0.39 is 17.5 Å². The fourth-order valence-electron chi connectivity index (χ4n) is 2.29. The van der Waals surface area contributed by atoms with Gasteiger partial charge in [0.25, 0.3) is 0 Å². The second kappa shape index (κ2) is 7.30. The molecule has 0 bridgehead atoms. The Morgan fingerprint density at radius 2 is 1.92 bits per heavy atom. The first-order valence-corrected chi connectivity index (χ1v) is 7.65. The predicted molar refractivity (Wildman–Crippen MR) is 91.5 cm³/mol. The van der Waals surface area contributed by atoms with E-state index in [1.807, 2.05) is 0 Å². The third-order valence-corrected chi connectivity index (χ3v) is 3.59. The molecule has 26 heavy (non-hydrogen) atoms. The average molecular weight is 360 g/mol. The molecular weight excluding hydrogens is 345 g/mol. The molecule has 3 aromatic rings. The van der Waals surface area contributed by atoms with Gasteiger partial charge < -0.3 is 10.5 Å². The fourth-order valence-corrected chi connectivity index (χ4v) is 2.29. The second-order valence-electron chi connectivity index (χ2n) is 5.49. The molecule has 0 radical (unpaired) electrons. The maximum absolute atomic E-state index is 13.7. The highest BCUT2D eigenvalue weighted by atomic mass is 19.2. The monoisotopic (exact) mass is 360 g/mol. The van der Waals surface area contributed by atoms with E-state index >= 15 is 0 Å². The van der Waals surface area contributed by atoms with Gasteiger partial charge in [-0.3, -0.25) is 0 Å². The highest BCUT2D eigenvalue weighted by Crippen LogP contribution is 2.23. The molecule has 2 aromatic carbocycles. The van der Waals surface area contributed by atoms with Crippen molar-refractivity contribution in [1.29, 1.82) is 0 Å². The third kappa shape index (κ3) is 3.69. The second-order valence-corrected chi connectivity index (χ2v) is 5.49. The lowest BCUT2D eigenvalue weighted by Crippen LogP contribution is -2.03. The summed E-state index contributed by atoms with van der Waals surface area (Å²) in [5.74, 6) is -4.32. The van der Waals surface area contributed by atoms with E-state index in [2.05, 4.69) is 10.1 Å². The fraction of sp³-hybridized carbons (Fsp3) is 0.111. The number of hydrogen-bond donors (Lipinski definition) is 1. The third-order valence-electron chi connectivity index (χ3n) is 3.59. The zero-order chi connectivity index (χ0) is 18.7. The van der Waals surface area contributed by atoms with Crippen molar-refractivity contribution < 1.29 is 17.9 Å². The molecule has 134 valence electrons. The van der Waals surface area contributed by atoms with Crippen LogP contribution in [0.2, 0.25) is 0 Å². The molecule has 3 rings (SSSR count). The van der Waals surface area contributed by atoms with Crippen molar-refractivity contribution in [3.05, 3.63) is 76.9 Å². The summed E-state index contributed by atoms with van der Waals surface area (Å²) in [6.07, 6.45) is 3.22. The minimum atomic E-state index is -1.57. The van der Waals surface area contributed by atoms with Crippen LogP contribution in [0.1, 0.15) is 16.8 Å². The molecule has 8 heteroatoms. The molecule has 0 atom stereocenters. The maximum Gasteiger partial charge on any atom is 0.221 e. The van der Waals surface area contributed by atoms with Gasteiger partial charge in [0.15, 0.2) is 17.4 Å². The van der Waals surface area contributed by atoms with Crippen LogP contribution in [-0.4, -0.2) is 15.9 Å². The molecule has 0 saturated heterocycles. The molecule has 2 N–H and O–H groups in total. The van der Waals surface area contributed by atoms with Crippen molar-refractivity contribution in [2.75, 3.05) is 5.73 Å². The predicted octanol–water partition coefficient (Wildman–Crippen LogP) is 3.65. The topological polar surface area (TPSA) is 65.4 Å². The number of anilines is 1. The number of imidazole rings is 1. The van der Waals surface area contributed by atoms with Gasteiger partial charge in [0.2, 0.25) is 11.8 Å². The Balaban J connectivity index is 1.80. The van der Waals surface area contributed by atoms with Crippen LogP contribution in [0.3, 0.4) is 0 Å². The molecule has 1 aromatic heterocycles. The number of hydrogen-bond acceptors (Lipinski definition) is 4. The number of halogens is 3. The van der Waals surface area contributed by atoms with Crippen LogP contribution < -0.4 is 10.5 Å². The summed E-state index contributed by atoms with van der Waals surface area (Å²) < 4.78 is 46.7. The molecule has 0 spiro atoms. The summed E-state index contributed by atoms with van der Waals surface area (Å²) in [5, 5.41) is 4.22. The van der Waals surface area contributed by atoms with Crippen LogP contribution in [0.15, 0.2) is 47.7 Å². The van der Waals surface area contributed by atoms with E-state index in [-0.39, 0.29) is 18.3 Å². The van der Waals surface area contributed by atoms with E-state index in [1.165, 1.54) is 4.68 Å². The summed E-state index contributed by atoms with van der Waals surface area (Å²) in [5.41, 5.74) is 7.83. The number of rotatable bonds is 5. The van der Waals surface area contributed by atoms with Crippen molar-refractivity contribution in [3.8, 4) is 5.75 Å². The molecule has 0 unspecified atom stereocenters. The van der Waals surface area contributed by atoms with Gasteiger partial charge >= 0.3 is 0 Å². The quantitative estimate of drug-likeness (QED) is 0.558. The summed E-state index contributed by atoms with van der Waals surface area (Å²) in [6, 6.07) is 8.95. The van der Waals surface area contributed by atoms with E-state index in [9.17, 15) is 13.2 Å². The number of benzene rings is 2. The lowest BCUT2D eigenvalue weighted by molar-refractivity contribution is 0.281. The van der Waals surface area contributed by atoms with Gasteiger partial charge in [-0.25, -0.2) is 18.4 Å². The highest BCUT2D eigenvalue weighted by Gasteiger charge is 2.14. The Kier molecular flexibility index (Phi) is 4.92. The smallest absolute Gasteiger partial charge is 0.221 e. The zero-order valence-corrected chi connectivity index (χ0v) is 13.8. The van der Waals surface area contributed by atoms with E-state index in [0.717, 1.165) is 17.8 Å². The molecule has 0 aliphatic rings. The van der Waals surface area contributed by atoms with Crippen LogP contribution in [0.5, 0.6) is 5.75 Å². The average Bonchev–Trinajstić information content (AvgIpc) is 2.95. The van der Waals surface area contributed by atoms with Gasteiger partial charge in [-0.1, -0.05) is 24.3 Å². The molecule has 1 heterocycles. The molecule has 0 aliphatic heterocycles. The lowest BCUT2D eigenvalue weighted by Gasteiger charge is -2.10. The number of nitrogens with zero attached hydrogens (tertiary/aromatic N) is 3. The first-order chi connectivity index (χ1) is 12.5. The van der Waals surface area contributed by atoms with E-state index in [1.54, 1.807) is 43.6 Å². The normalized spacial score (nSPS) is 11.2. The summed E-state index contributed by atoms with van der Waals surface area (Å²) in [4.78, 5) is 4.04. The molecule has 0 saturated carbocycles. The molecule has 0 fully saturated rings. The Bertz CT molecular complexity index is 969.